The number of aliphatic hydroxyl groups is 1. The molecule has 1 atom stereocenters. The minimum atomic E-state index is -0.115. The minimum Gasteiger partial charge on any atom is -0.506 e. The van der Waals surface area contributed by atoms with E-state index in [1.807, 2.05) is 6.07 Å². The maximum atomic E-state index is 10.0. The van der Waals surface area contributed by atoms with E-state index in [2.05, 4.69) is 9.98 Å². The third-order valence-corrected chi connectivity index (χ3v) is 4.24. The van der Waals surface area contributed by atoms with Gasteiger partial charge in [0.1, 0.15) is 16.5 Å². The third-order valence-electron chi connectivity index (χ3n) is 2.89. The summed E-state index contributed by atoms with van der Waals surface area (Å²) in [5.41, 5.74) is 1.17. The Bertz CT molecular complexity index is 675. The van der Waals surface area contributed by atoms with Gasteiger partial charge < -0.3 is 10.2 Å². The average molecular weight is 295 g/mol. The van der Waals surface area contributed by atoms with Crippen LogP contribution < -0.4 is 0 Å². The lowest BCUT2D eigenvalue weighted by Crippen LogP contribution is -2.08. The standard InChI is InChI=1S/C13H11ClN2O2S/c14-8-2-1-7-3-11(18)12(16-10(7)4-8)13-15-9(5-17)6-19-13/h1-4,9,17-18H,5-6H2/t9-/m0/s1. The van der Waals surface area contributed by atoms with Gasteiger partial charge in [0.25, 0.3) is 0 Å². The number of aromatic nitrogens is 1. The number of aliphatic imine (C=N–C) groups is 1. The molecule has 0 amide bonds. The van der Waals surface area contributed by atoms with Crippen LogP contribution >= 0.6 is 23.4 Å². The second-order valence-corrected chi connectivity index (χ2v) is 5.72. The number of thioether (sulfide) groups is 1. The molecule has 0 radical (unpaired) electrons. The molecule has 0 spiro atoms. The second kappa shape index (κ2) is 5.00. The van der Waals surface area contributed by atoms with Crippen molar-refractivity contribution < 1.29 is 10.2 Å². The molecule has 0 saturated carbocycles. The van der Waals surface area contributed by atoms with Gasteiger partial charge in [-0.15, -0.1) is 11.8 Å². The van der Waals surface area contributed by atoms with Crippen LogP contribution in [0.4, 0.5) is 0 Å². The monoisotopic (exact) mass is 294 g/mol. The van der Waals surface area contributed by atoms with E-state index in [1.54, 1.807) is 18.2 Å². The zero-order valence-corrected chi connectivity index (χ0v) is 11.4. The van der Waals surface area contributed by atoms with E-state index < -0.39 is 0 Å². The van der Waals surface area contributed by atoms with Crippen LogP contribution in [0.15, 0.2) is 29.3 Å². The number of nitrogens with zero attached hydrogens (tertiary/aromatic N) is 2. The van der Waals surface area contributed by atoms with Crippen molar-refractivity contribution in [2.45, 2.75) is 6.04 Å². The van der Waals surface area contributed by atoms with Crippen LogP contribution in [0, 0.1) is 0 Å². The predicted octanol–water partition coefficient (Wildman–Crippen LogP) is 2.45. The van der Waals surface area contributed by atoms with Crippen LogP contribution in [0.3, 0.4) is 0 Å². The van der Waals surface area contributed by atoms with Gasteiger partial charge in [-0.3, -0.25) is 4.99 Å². The Morgan fingerprint density at radius 1 is 1.37 bits per heavy atom. The number of pyridine rings is 1. The molecule has 2 heterocycles. The maximum Gasteiger partial charge on any atom is 0.144 e. The zero-order valence-electron chi connectivity index (χ0n) is 9.88. The summed E-state index contributed by atoms with van der Waals surface area (Å²) in [7, 11) is 0. The Kier molecular flexibility index (Phi) is 3.35. The first kappa shape index (κ1) is 12.7. The molecule has 6 heteroatoms. The first-order valence-electron chi connectivity index (χ1n) is 5.78. The summed E-state index contributed by atoms with van der Waals surface area (Å²) < 4.78 is 0. The van der Waals surface area contributed by atoms with Gasteiger partial charge in [-0.1, -0.05) is 17.7 Å². The SMILES string of the molecule is OC[C@H]1CSC(c2nc3cc(Cl)ccc3cc2O)=N1. The molecule has 0 saturated heterocycles. The van der Waals surface area contributed by atoms with Crippen LogP contribution in [-0.4, -0.2) is 38.6 Å². The van der Waals surface area contributed by atoms with Crippen LogP contribution in [0.25, 0.3) is 10.9 Å². The van der Waals surface area contributed by atoms with Crippen molar-refractivity contribution in [2.24, 2.45) is 4.99 Å². The molecule has 19 heavy (non-hydrogen) atoms. The van der Waals surface area contributed by atoms with Crippen molar-refractivity contribution in [3.63, 3.8) is 0 Å². The molecule has 1 aliphatic rings. The van der Waals surface area contributed by atoms with Gasteiger partial charge >= 0.3 is 0 Å². The van der Waals surface area contributed by atoms with E-state index >= 15 is 0 Å². The van der Waals surface area contributed by atoms with Crippen molar-refractivity contribution >= 4 is 39.3 Å². The predicted molar refractivity (Wildman–Crippen MR) is 78.3 cm³/mol. The average Bonchev–Trinajstić information content (AvgIpc) is 2.87. The first-order chi connectivity index (χ1) is 9.17. The van der Waals surface area contributed by atoms with Gasteiger partial charge in [0.2, 0.25) is 0 Å². The molecule has 2 N–H and O–H groups in total. The van der Waals surface area contributed by atoms with Gasteiger partial charge in [0.05, 0.1) is 18.2 Å². The van der Waals surface area contributed by atoms with Crippen molar-refractivity contribution in [3.8, 4) is 5.75 Å². The summed E-state index contributed by atoms with van der Waals surface area (Å²) in [6.45, 7) is 0.0106. The van der Waals surface area contributed by atoms with E-state index in [1.165, 1.54) is 11.8 Å². The molecule has 1 aromatic carbocycles. The van der Waals surface area contributed by atoms with Crippen molar-refractivity contribution in [2.75, 3.05) is 12.4 Å². The molecular formula is C13H11ClN2O2S. The number of hydrogen-bond acceptors (Lipinski definition) is 5. The summed E-state index contributed by atoms with van der Waals surface area (Å²) in [6.07, 6.45) is 0. The topological polar surface area (TPSA) is 65.7 Å². The maximum absolute atomic E-state index is 10.0. The molecular weight excluding hydrogens is 284 g/mol. The van der Waals surface area contributed by atoms with E-state index in [4.69, 9.17) is 16.7 Å². The number of aliphatic hydroxyl groups excluding tert-OH is 1. The summed E-state index contributed by atoms with van der Waals surface area (Å²) in [4.78, 5) is 8.76. The largest absolute Gasteiger partial charge is 0.506 e. The van der Waals surface area contributed by atoms with Crippen molar-refractivity contribution in [1.82, 2.24) is 4.98 Å². The van der Waals surface area contributed by atoms with Gasteiger partial charge in [-0.25, -0.2) is 4.98 Å². The summed E-state index contributed by atoms with van der Waals surface area (Å²) in [5.74, 6) is 0.806. The van der Waals surface area contributed by atoms with Crippen molar-refractivity contribution in [1.29, 1.82) is 0 Å². The van der Waals surface area contributed by atoms with Crippen molar-refractivity contribution in [3.05, 3.63) is 35.0 Å². The molecule has 0 fully saturated rings. The molecule has 98 valence electrons. The highest BCUT2D eigenvalue weighted by molar-refractivity contribution is 8.14. The Morgan fingerprint density at radius 2 is 2.21 bits per heavy atom. The molecule has 0 unspecified atom stereocenters. The Labute approximate surface area is 119 Å². The molecule has 0 bridgehead atoms. The van der Waals surface area contributed by atoms with Gasteiger partial charge in [-0.2, -0.15) is 0 Å². The minimum absolute atomic E-state index is 0.0106. The fraction of sp³-hybridized carbons (Fsp3) is 0.231. The number of fused-ring (bicyclic) bond motifs is 1. The van der Waals surface area contributed by atoms with E-state index in [-0.39, 0.29) is 18.4 Å². The van der Waals surface area contributed by atoms with Crippen LogP contribution in [0.1, 0.15) is 5.69 Å². The van der Waals surface area contributed by atoms with Gasteiger partial charge in [0.15, 0.2) is 0 Å². The quantitative estimate of drug-likeness (QED) is 0.893. The molecule has 1 aliphatic heterocycles. The molecule has 1 aromatic heterocycles. The first-order valence-corrected chi connectivity index (χ1v) is 7.15. The van der Waals surface area contributed by atoms with E-state index in [0.717, 1.165) is 10.9 Å². The third kappa shape index (κ3) is 2.41. The van der Waals surface area contributed by atoms with Crippen LogP contribution in [0.5, 0.6) is 5.75 Å². The second-order valence-electron chi connectivity index (χ2n) is 4.27. The fourth-order valence-electron chi connectivity index (χ4n) is 1.92. The van der Waals surface area contributed by atoms with E-state index in [9.17, 15) is 5.11 Å². The highest BCUT2D eigenvalue weighted by Crippen LogP contribution is 2.30. The normalized spacial score (nSPS) is 18.8. The van der Waals surface area contributed by atoms with Gasteiger partial charge in [0, 0.05) is 16.2 Å². The highest BCUT2D eigenvalue weighted by atomic mass is 35.5. The molecule has 2 aromatic rings. The molecule has 0 aliphatic carbocycles. The molecule has 4 nitrogen and oxygen atoms in total. The summed E-state index contributed by atoms with van der Waals surface area (Å²) in [6, 6.07) is 6.87. The number of halogens is 1. The number of aromatic hydroxyl groups is 1. The lowest BCUT2D eigenvalue weighted by Gasteiger charge is -2.05. The number of rotatable bonds is 2. The smallest absolute Gasteiger partial charge is 0.144 e. The Balaban J connectivity index is 2.11. The number of hydrogen-bond donors (Lipinski definition) is 2. The highest BCUT2D eigenvalue weighted by Gasteiger charge is 2.22. The van der Waals surface area contributed by atoms with Crippen LogP contribution in [0.2, 0.25) is 5.02 Å². The summed E-state index contributed by atoms with van der Waals surface area (Å²) >= 11 is 7.43. The van der Waals surface area contributed by atoms with E-state index in [0.29, 0.717) is 21.5 Å². The Hall–Kier alpha value is -1.30. The Morgan fingerprint density at radius 3 is 2.95 bits per heavy atom. The zero-order chi connectivity index (χ0) is 13.4. The molecule has 3 rings (SSSR count). The lowest BCUT2D eigenvalue weighted by atomic mass is 10.2. The number of benzene rings is 1. The summed E-state index contributed by atoms with van der Waals surface area (Å²) in [5, 5.41) is 21.2. The van der Waals surface area contributed by atoms with Gasteiger partial charge in [-0.05, 0) is 18.2 Å². The lowest BCUT2D eigenvalue weighted by molar-refractivity contribution is 0.277. The fourth-order valence-corrected chi connectivity index (χ4v) is 3.13. The van der Waals surface area contributed by atoms with Crippen LogP contribution in [-0.2, 0) is 0 Å².